The van der Waals surface area contributed by atoms with E-state index in [0.29, 0.717) is 22.2 Å². The van der Waals surface area contributed by atoms with Gasteiger partial charge in [0.15, 0.2) is 0 Å². The van der Waals surface area contributed by atoms with Gasteiger partial charge in [-0.05, 0) is 68.9 Å². The van der Waals surface area contributed by atoms with E-state index >= 15 is 0 Å². The van der Waals surface area contributed by atoms with Crippen molar-refractivity contribution >= 4 is 51.6 Å². The van der Waals surface area contributed by atoms with Crippen LogP contribution in [0.15, 0.2) is 40.8 Å². The zero-order valence-electron chi connectivity index (χ0n) is 18.6. The van der Waals surface area contributed by atoms with E-state index in [0.717, 1.165) is 35.8 Å². The molecule has 9 heteroatoms. The van der Waals surface area contributed by atoms with Crippen LogP contribution < -0.4 is 10.6 Å². The predicted octanol–water partition coefficient (Wildman–Crippen LogP) is 4.83. The van der Waals surface area contributed by atoms with Crippen LogP contribution in [0.25, 0.3) is 0 Å². The SMILES string of the molecule is C/C(=C/C(=O)Nc1ccc(S[C@@H](C)C(=O)Nc2sc3c(c2C#N)CC[C@H](C)C3)cc1)C(=O)O. The monoisotopic (exact) mass is 483 g/mol. The van der Waals surface area contributed by atoms with Gasteiger partial charge in [-0.25, -0.2) is 4.79 Å². The van der Waals surface area contributed by atoms with Crippen LogP contribution in [0.5, 0.6) is 0 Å². The first kappa shape index (κ1) is 24.6. The van der Waals surface area contributed by atoms with E-state index in [9.17, 15) is 19.6 Å². The number of rotatable bonds is 7. The van der Waals surface area contributed by atoms with E-state index in [2.05, 4.69) is 23.6 Å². The molecule has 33 heavy (non-hydrogen) atoms. The first-order valence-electron chi connectivity index (χ1n) is 10.5. The van der Waals surface area contributed by atoms with Crippen LogP contribution in [0.4, 0.5) is 10.7 Å². The molecular weight excluding hydrogens is 458 g/mol. The Morgan fingerprint density at radius 3 is 2.61 bits per heavy atom. The fourth-order valence-corrected chi connectivity index (χ4v) is 5.71. The van der Waals surface area contributed by atoms with Crippen molar-refractivity contribution in [2.75, 3.05) is 10.6 Å². The lowest BCUT2D eigenvalue weighted by Gasteiger charge is -2.17. The minimum atomic E-state index is -1.15. The zero-order valence-corrected chi connectivity index (χ0v) is 20.2. The Bertz CT molecular complexity index is 1150. The second-order valence-electron chi connectivity index (χ2n) is 8.06. The highest BCUT2D eigenvalue weighted by atomic mass is 32.2. The molecule has 172 valence electrons. The summed E-state index contributed by atoms with van der Waals surface area (Å²) in [6, 6.07) is 9.22. The normalized spacial score (nSPS) is 16.3. The minimum Gasteiger partial charge on any atom is -0.478 e. The van der Waals surface area contributed by atoms with Crippen molar-refractivity contribution in [3.63, 3.8) is 0 Å². The van der Waals surface area contributed by atoms with Crippen molar-refractivity contribution in [1.82, 2.24) is 0 Å². The lowest BCUT2D eigenvalue weighted by Crippen LogP contribution is -2.22. The standard InChI is InChI=1S/C24H25N3O4S2/c1-13-4-9-18-19(12-25)23(33-20(18)10-13)27-22(29)15(3)32-17-7-5-16(6-8-17)26-21(28)11-14(2)24(30)31/h5-8,11,13,15H,4,9-10H2,1-3H3,(H,26,28)(H,27,29)(H,30,31)/b14-11-/t13-,15-/m0/s1. The summed E-state index contributed by atoms with van der Waals surface area (Å²) in [4.78, 5) is 37.5. The van der Waals surface area contributed by atoms with Crippen LogP contribution >= 0.6 is 23.1 Å². The van der Waals surface area contributed by atoms with Gasteiger partial charge in [0, 0.05) is 27.1 Å². The molecule has 3 rings (SSSR count). The number of benzene rings is 1. The van der Waals surface area contributed by atoms with Gasteiger partial charge in [0.1, 0.15) is 11.1 Å². The number of nitrogens with zero attached hydrogens (tertiary/aromatic N) is 1. The quantitative estimate of drug-likeness (QED) is 0.383. The summed E-state index contributed by atoms with van der Waals surface area (Å²) in [7, 11) is 0. The highest BCUT2D eigenvalue weighted by Crippen LogP contribution is 2.39. The number of nitrogens with one attached hydrogen (secondary N) is 2. The summed E-state index contributed by atoms with van der Waals surface area (Å²) in [5.74, 6) is -1.26. The number of thiophene rings is 1. The van der Waals surface area contributed by atoms with Crippen molar-refractivity contribution in [2.45, 2.75) is 50.2 Å². The maximum absolute atomic E-state index is 12.8. The van der Waals surface area contributed by atoms with Gasteiger partial charge in [0.2, 0.25) is 11.8 Å². The van der Waals surface area contributed by atoms with Gasteiger partial charge in [-0.15, -0.1) is 23.1 Å². The molecule has 1 aliphatic rings. The van der Waals surface area contributed by atoms with Gasteiger partial charge in [-0.1, -0.05) is 6.92 Å². The van der Waals surface area contributed by atoms with Crippen molar-refractivity contribution < 1.29 is 19.5 Å². The number of carboxylic acid groups (broad SMARTS) is 1. The zero-order chi connectivity index (χ0) is 24.1. The summed E-state index contributed by atoms with van der Waals surface area (Å²) < 4.78 is 0. The average Bonchev–Trinajstić information content (AvgIpc) is 3.10. The number of fused-ring (bicyclic) bond motifs is 1. The van der Waals surface area contributed by atoms with Crippen molar-refractivity contribution in [2.24, 2.45) is 5.92 Å². The number of amides is 2. The molecule has 1 heterocycles. The molecule has 0 saturated heterocycles. The van der Waals surface area contributed by atoms with E-state index in [-0.39, 0.29) is 11.5 Å². The fourth-order valence-electron chi connectivity index (χ4n) is 3.48. The third-order valence-corrected chi connectivity index (χ3v) is 7.63. The van der Waals surface area contributed by atoms with Crippen molar-refractivity contribution in [3.8, 4) is 6.07 Å². The van der Waals surface area contributed by atoms with Crippen LogP contribution in [0, 0.1) is 17.2 Å². The Hall–Kier alpha value is -3.09. The third kappa shape index (κ3) is 6.24. The van der Waals surface area contributed by atoms with Gasteiger partial charge in [0.25, 0.3) is 0 Å². The number of carbonyl (C=O) groups excluding carboxylic acids is 2. The largest absolute Gasteiger partial charge is 0.478 e. The molecule has 3 N–H and O–H groups in total. The molecule has 0 saturated carbocycles. The number of anilines is 2. The highest BCUT2D eigenvalue weighted by molar-refractivity contribution is 8.00. The molecule has 0 bridgehead atoms. The van der Waals surface area contributed by atoms with Gasteiger partial charge >= 0.3 is 5.97 Å². The Morgan fingerprint density at radius 1 is 1.27 bits per heavy atom. The van der Waals surface area contributed by atoms with Crippen LogP contribution in [-0.2, 0) is 27.2 Å². The molecule has 1 aliphatic carbocycles. The van der Waals surface area contributed by atoms with E-state index in [1.165, 1.54) is 34.9 Å². The van der Waals surface area contributed by atoms with Crippen LogP contribution in [0.2, 0.25) is 0 Å². The Morgan fingerprint density at radius 2 is 1.97 bits per heavy atom. The Labute approximate surface area is 200 Å². The lowest BCUT2D eigenvalue weighted by atomic mass is 9.89. The van der Waals surface area contributed by atoms with E-state index in [1.807, 2.05) is 0 Å². The molecule has 7 nitrogen and oxygen atoms in total. The van der Waals surface area contributed by atoms with Gasteiger partial charge in [-0.2, -0.15) is 5.26 Å². The van der Waals surface area contributed by atoms with Gasteiger partial charge in [-0.3, -0.25) is 9.59 Å². The Balaban J connectivity index is 1.60. The summed E-state index contributed by atoms with van der Waals surface area (Å²) in [6.07, 6.45) is 3.91. The molecule has 0 spiro atoms. The van der Waals surface area contributed by atoms with Gasteiger partial charge in [0.05, 0.1) is 10.8 Å². The first-order valence-corrected chi connectivity index (χ1v) is 12.2. The number of nitriles is 1. The van der Waals surface area contributed by atoms with E-state index < -0.39 is 17.1 Å². The van der Waals surface area contributed by atoms with Crippen LogP contribution in [0.1, 0.15) is 43.2 Å². The maximum atomic E-state index is 12.8. The number of hydrogen-bond acceptors (Lipinski definition) is 6. The molecule has 0 aliphatic heterocycles. The second kappa shape index (κ2) is 10.7. The predicted molar refractivity (Wildman–Crippen MR) is 131 cm³/mol. The maximum Gasteiger partial charge on any atom is 0.331 e. The van der Waals surface area contributed by atoms with Crippen molar-refractivity contribution in [3.05, 3.63) is 51.9 Å². The Kier molecular flexibility index (Phi) is 7.95. The molecule has 0 radical (unpaired) electrons. The highest BCUT2D eigenvalue weighted by Gasteiger charge is 2.25. The first-order chi connectivity index (χ1) is 15.7. The molecular formula is C24H25N3O4S2. The molecule has 2 amide bonds. The molecule has 0 unspecified atom stereocenters. The number of thioether (sulfide) groups is 1. The second-order valence-corrected chi connectivity index (χ2v) is 10.6. The third-order valence-electron chi connectivity index (χ3n) is 5.35. The van der Waals surface area contributed by atoms with E-state index in [4.69, 9.17) is 5.11 Å². The minimum absolute atomic E-state index is 0.0554. The lowest BCUT2D eigenvalue weighted by molar-refractivity contribution is -0.132. The smallest absolute Gasteiger partial charge is 0.331 e. The molecule has 1 aromatic carbocycles. The molecule has 0 fully saturated rings. The number of aliphatic carboxylic acids is 1. The summed E-state index contributed by atoms with van der Waals surface area (Å²) in [6.45, 7) is 5.35. The molecule has 2 atom stereocenters. The van der Waals surface area contributed by atoms with Crippen LogP contribution in [0.3, 0.4) is 0 Å². The summed E-state index contributed by atoms with van der Waals surface area (Å²) >= 11 is 2.88. The van der Waals surface area contributed by atoms with Crippen LogP contribution in [-0.4, -0.2) is 28.1 Å². The van der Waals surface area contributed by atoms with E-state index in [1.54, 1.807) is 31.2 Å². The topological polar surface area (TPSA) is 119 Å². The number of carboxylic acids is 1. The molecule has 2 aromatic rings. The summed E-state index contributed by atoms with van der Waals surface area (Å²) in [5.41, 5.74) is 2.15. The average molecular weight is 484 g/mol. The molecule has 1 aromatic heterocycles. The summed E-state index contributed by atoms with van der Waals surface area (Å²) in [5, 5.41) is 24.2. The number of hydrogen-bond donors (Lipinski definition) is 3. The van der Waals surface area contributed by atoms with Gasteiger partial charge < -0.3 is 15.7 Å². The fraction of sp³-hybridized carbons (Fsp3) is 0.333. The number of carbonyl (C=O) groups is 3. The van der Waals surface area contributed by atoms with Crippen molar-refractivity contribution in [1.29, 1.82) is 5.26 Å².